The number of nitrogens with zero attached hydrogens (tertiary/aromatic N) is 6. The van der Waals surface area contributed by atoms with Crippen molar-refractivity contribution in [3.63, 3.8) is 0 Å². The number of anilines is 2. The van der Waals surface area contributed by atoms with Gasteiger partial charge in [-0.3, -0.25) is 0 Å². The fraction of sp³-hybridized carbons (Fsp3) is 0.409. The van der Waals surface area contributed by atoms with Crippen LogP contribution in [0, 0.1) is 0 Å². The molecule has 0 saturated carbocycles. The lowest BCUT2D eigenvalue weighted by molar-refractivity contribution is 0.408. The number of ether oxygens (including phenoxy) is 1. The molecule has 0 amide bonds. The predicted octanol–water partition coefficient (Wildman–Crippen LogP) is 2.97. The maximum atomic E-state index is 5.95. The van der Waals surface area contributed by atoms with E-state index in [4.69, 9.17) is 10.5 Å². The van der Waals surface area contributed by atoms with Gasteiger partial charge in [-0.2, -0.15) is 4.98 Å². The molecule has 10 nitrogen and oxygen atoms in total. The maximum absolute atomic E-state index is 5.95. The van der Waals surface area contributed by atoms with E-state index in [-0.39, 0.29) is 5.95 Å². The number of H-pyrrole nitrogens is 1. The molecule has 3 aromatic heterocycles. The SMILES string of the molecule is CCCCCNc1nc(N)nc2ccn(Cc3cc(CCc4nnn[nH]4)ccc3OC)c12. The Morgan fingerprint density at radius 1 is 1.16 bits per heavy atom. The first-order valence-electron chi connectivity index (χ1n) is 10.9. The molecule has 0 aliphatic heterocycles. The lowest BCUT2D eigenvalue weighted by atomic mass is 10.0. The summed E-state index contributed by atoms with van der Waals surface area (Å²) in [5, 5.41) is 17.5. The molecule has 168 valence electrons. The predicted molar refractivity (Wildman–Crippen MR) is 124 cm³/mol. The van der Waals surface area contributed by atoms with Gasteiger partial charge in [-0.05, 0) is 41.0 Å². The molecule has 0 spiro atoms. The van der Waals surface area contributed by atoms with Gasteiger partial charge in [0, 0.05) is 24.7 Å². The van der Waals surface area contributed by atoms with Gasteiger partial charge in [0.2, 0.25) is 5.95 Å². The molecule has 4 N–H and O–H groups in total. The molecule has 0 radical (unpaired) electrons. The third-order valence-electron chi connectivity index (χ3n) is 5.43. The van der Waals surface area contributed by atoms with Crippen LogP contribution in [-0.4, -0.2) is 48.8 Å². The Kier molecular flexibility index (Phi) is 6.78. The second kappa shape index (κ2) is 10.1. The van der Waals surface area contributed by atoms with Gasteiger partial charge in [-0.25, -0.2) is 10.1 Å². The van der Waals surface area contributed by atoms with Crippen molar-refractivity contribution in [3.8, 4) is 5.75 Å². The smallest absolute Gasteiger partial charge is 0.222 e. The molecule has 0 atom stereocenters. The summed E-state index contributed by atoms with van der Waals surface area (Å²) in [6.07, 6.45) is 7.00. The zero-order valence-electron chi connectivity index (χ0n) is 18.5. The average Bonchev–Trinajstić information content (AvgIpc) is 3.45. The largest absolute Gasteiger partial charge is 0.496 e. The van der Waals surface area contributed by atoms with Gasteiger partial charge in [-0.1, -0.05) is 31.9 Å². The summed E-state index contributed by atoms with van der Waals surface area (Å²) in [5.74, 6) is 2.65. The monoisotopic (exact) mass is 435 g/mol. The number of nitrogens with one attached hydrogen (secondary N) is 2. The number of aryl methyl sites for hydroxylation is 2. The number of rotatable bonds is 11. The highest BCUT2D eigenvalue weighted by molar-refractivity contribution is 5.87. The molecule has 3 heterocycles. The van der Waals surface area contributed by atoms with Crippen LogP contribution in [0.1, 0.15) is 43.1 Å². The van der Waals surface area contributed by atoms with Crippen LogP contribution in [0.4, 0.5) is 11.8 Å². The van der Waals surface area contributed by atoms with E-state index in [1.807, 2.05) is 18.3 Å². The van der Waals surface area contributed by atoms with Gasteiger partial charge >= 0.3 is 0 Å². The van der Waals surface area contributed by atoms with Crippen molar-refractivity contribution in [1.82, 2.24) is 35.2 Å². The molecule has 10 heteroatoms. The summed E-state index contributed by atoms with van der Waals surface area (Å²) in [4.78, 5) is 8.89. The van der Waals surface area contributed by atoms with Gasteiger partial charge in [0.25, 0.3) is 0 Å². The number of aromatic nitrogens is 7. The highest BCUT2D eigenvalue weighted by Crippen LogP contribution is 2.27. The van der Waals surface area contributed by atoms with E-state index in [1.54, 1.807) is 7.11 Å². The Morgan fingerprint density at radius 2 is 2.06 bits per heavy atom. The standard InChI is InChI=1S/C22H29N9O/c1-3-4-5-11-24-21-20-17(25-22(23)26-21)10-12-31(20)14-16-13-15(6-8-18(16)32-2)7-9-19-27-29-30-28-19/h6,8,10,12-13H,3-5,7,9,11,14H2,1-2H3,(H3,23,24,25,26)(H,27,28,29,30). The molecule has 0 saturated heterocycles. The topological polar surface area (TPSA) is 132 Å². The van der Waals surface area contributed by atoms with E-state index >= 15 is 0 Å². The number of fused-ring (bicyclic) bond motifs is 1. The first-order valence-corrected chi connectivity index (χ1v) is 10.9. The Morgan fingerprint density at radius 3 is 2.84 bits per heavy atom. The molecule has 0 unspecified atom stereocenters. The minimum absolute atomic E-state index is 0.273. The van der Waals surface area contributed by atoms with E-state index in [2.05, 4.69) is 59.5 Å². The van der Waals surface area contributed by atoms with Crippen LogP contribution in [0.3, 0.4) is 0 Å². The van der Waals surface area contributed by atoms with E-state index in [9.17, 15) is 0 Å². The average molecular weight is 436 g/mol. The molecule has 32 heavy (non-hydrogen) atoms. The van der Waals surface area contributed by atoms with Crippen LogP contribution in [0.15, 0.2) is 30.5 Å². The number of hydrogen-bond donors (Lipinski definition) is 3. The number of unbranched alkanes of at least 4 members (excludes halogenated alkanes) is 2. The van der Waals surface area contributed by atoms with E-state index < -0.39 is 0 Å². The lowest BCUT2D eigenvalue weighted by Gasteiger charge is -2.14. The van der Waals surface area contributed by atoms with Gasteiger partial charge in [0.15, 0.2) is 5.82 Å². The van der Waals surface area contributed by atoms with Gasteiger partial charge < -0.3 is 20.4 Å². The fourth-order valence-corrected chi connectivity index (χ4v) is 3.80. The molecule has 0 aliphatic rings. The van der Waals surface area contributed by atoms with Crippen LogP contribution in [0.25, 0.3) is 11.0 Å². The summed E-state index contributed by atoms with van der Waals surface area (Å²) in [5.41, 5.74) is 9.97. The molecule has 0 aliphatic carbocycles. The maximum Gasteiger partial charge on any atom is 0.222 e. The van der Waals surface area contributed by atoms with Crippen LogP contribution in [-0.2, 0) is 19.4 Å². The molecule has 1 aromatic carbocycles. The number of methoxy groups -OCH3 is 1. The molecular formula is C22H29N9O. The third kappa shape index (κ3) is 4.96. The summed E-state index contributed by atoms with van der Waals surface area (Å²) in [6.45, 7) is 3.66. The van der Waals surface area contributed by atoms with Crippen molar-refractivity contribution in [3.05, 3.63) is 47.4 Å². The second-order valence-corrected chi connectivity index (χ2v) is 7.74. The minimum Gasteiger partial charge on any atom is -0.496 e. The van der Waals surface area contributed by atoms with Gasteiger partial charge in [0.05, 0.1) is 19.2 Å². The van der Waals surface area contributed by atoms with Crippen molar-refractivity contribution in [1.29, 1.82) is 0 Å². The molecule has 0 bridgehead atoms. The normalized spacial score (nSPS) is 11.2. The van der Waals surface area contributed by atoms with Crippen LogP contribution < -0.4 is 15.8 Å². The summed E-state index contributed by atoms with van der Waals surface area (Å²) in [7, 11) is 1.69. The first kappa shape index (κ1) is 21.5. The zero-order valence-corrected chi connectivity index (χ0v) is 18.5. The van der Waals surface area contributed by atoms with Crippen LogP contribution >= 0.6 is 0 Å². The minimum atomic E-state index is 0.273. The quantitative estimate of drug-likeness (QED) is 0.306. The third-order valence-corrected chi connectivity index (χ3v) is 5.43. The van der Waals surface area contributed by atoms with Crippen LogP contribution in [0.5, 0.6) is 5.75 Å². The summed E-state index contributed by atoms with van der Waals surface area (Å²) >= 11 is 0. The highest BCUT2D eigenvalue weighted by Gasteiger charge is 2.14. The highest BCUT2D eigenvalue weighted by atomic mass is 16.5. The van der Waals surface area contributed by atoms with Crippen molar-refractivity contribution in [2.75, 3.05) is 24.7 Å². The number of aromatic amines is 1. The van der Waals surface area contributed by atoms with Crippen LogP contribution in [0.2, 0.25) is 0 Å². The Balaban J connectivity index is 1.59. The van der Waals surface area contributed by atoms with E-state index in [0.717, 1.165) is 59.8 Å². The van der Waals surface area contributed by atoms with Crippen molar-refractivity contribution >= 4 is 22.8 Å². The number of hydrogen-bond acceptors (Lipinski definition) is 8. The van der Waals surface area contributed by atoms with Crippen molar-refractivity contribution in [2.24, 2.45) is 0 Å². The number of tetrazole rings is 1. The lowest BCUT2D eigenvalue weighted by Crippen LogP contribution is -2.09. The molecule has 4 aromatic rings. The van der Waals surface area contributed by atoms with Crippen molar-refractivity contribution < 1.29 is 4.74 Å². The molecule has 4 rings (SSSR count). The Bertz CT molecular complexity index is 1150. The number of benzene rings is 1. The molecular weight excluding hydrogens is 406 g/mol. The Labute approximate surface area is 186 Å². The summed E-state index contributed by atoms with van der Waals surface area (Å²) in [6, 6.07) is 8.22. The van der Waals surface area contributed by atoms with E-state index in [1.165, 1.54) is 18.4 Å². The van der Waals surface area contributed by atoms with Crippen molar-refractivity contribution in [2.45, 2.75) is 45.6 Å². The second-order valence-electron chi connectivity index (χ2n) is 7.74. The molecule has 0 fully saturated rings. The van der Waals surface area contributed by atoms with Gasteiger partial charge in [0.1, 0.15) is 17.1 Å². The number of nitrogen functional groups attached to an aromatic ring is 1. The number of nitrogens with two attached hydrogens (primary N) is 1. The first-order chi connectivity index (χ1) is 15.7. The van der Waals surface area contributed by atoms with Gasteiger partial charge in [-0.15, -0.1) is 5.10 Å². The van der Waals surface area contributed by atoms with E-state index in [0.29, 0.717) is 6.54 Å². The zero-order chi connectivity index (χ0) is 22.3. The fourth-order valence-electron chi connectivity index (χ4n) is 3.80. The Hall–Kier alpha value is -3.69. The summed E-state index contributed by atoms with van der Waals surface area (Å²) < 4.78 is 7.77.